The third-order valence-corrected chi connectivity index (χ3v) is 3.77. The number of nitrogens with zero attached hydrogens (tertiary/aromatic N) is 3. The molecule has 0 aromatic carbocycles. The van der Waals surface area contributed by atoms with Crippen molar-refractivity contribution in [1.29, 1.82) is 5.26 Å². The number of carbonyl (C=O) groups is 1. The topological polar surface area (TPSA) is 90.7 Å². The fourth-order valence-corrected chi connectivity index (χ4v) is 2.40. The maximum Gasteiger partial charge on any atom is 0.220 e. The number of hydrogen-bond acceptors (Lipinski definition) is 5. The summed E-state index contributed by atoms with van der Waals surface area (Å²) in [6, 6.07) is 2.64. The number of carbonyl (C=O) groups excluding carboxylic acids is 1. The van der Waals surface area contributed by atoms with Gasteiger partial charge < -0.3 is 10.6 Å². The van der Waals surface area contributed by atoms with Gasteiger partial charge in [0.2, 0.25) is 5.91 Å². The fourth-order valence-electron chi connectivity index (χ4n) is 2.40. The van der Waals surface area contributed by atoms with E-state index in [4.69, 9.17) is 0 Å². The molecular formula is C16H23N5O. The molecule has 0 aliphatic heterocycles. The van der Waals surface area contributed by atoms with Crippen LogP contribution in [0.4, 0.5) is 5.82 Å². The predicted octanol–water partition coefficient (Wildman–Crippen LogP) is 1.94. The predicted molar refractivity (Wildman–Crippen MR) is 84.4 cm³/mol. The lowest BCUT2D eigenvalue weighted by atomic mass is 10.0. The zero-order chi connectivity index (χ0) is 15.9. The molecule has 2 N–H and O–H groups in total. The van der Waals surface area contributed by atoms with Crippen molar-refractivity contribution < 1.29 is 4.79 Å². The molecule has 1 heterocycles. The second-order valence-corrected chi connectivity index (χ2v) is 5.54. The highest BCUT2D eigenvalue weighted by molar-refractivity contribution is 5.76. The van der Waals surface area contributed by atoms with Crippen LogP contribution in [0.25, 0.3) is 0 Å². The molecule has 1 amide bonds. The third kappa shape index (κ3) is 4.17. The van der Waals surface area contributed by atoms with E-state index < -0.39 is 0 Å². The molecule has 1 aromatic heterocycles. The Morgan fingerprint density at radius 2 is 2.09 bits per heavy atom. The number of nitrogens with one attached hydrogen (secondary N) is 2. The average molecular weight is 301 g/mol. The van der Waals surface area contributed by atoms with Crippen LogP contribution in [-0.2, 0) is 17.6 Å². The minimum atomic E-state index is 0.103. The molecule has 6 heteroatoms. The van der Waals surface area contributed by atoms with Crippen molar-refractivity contribution in [3.05, 3.63) is 16.8 Å². The van der Waals surface area contributed by atoms with E-state index in [2.05, 4.69) is 26.9 Å². The van der Waals surface area contributed by atoms with Crippen molar-refractivity contribution in [2.75, 3.05) is 11.9 Å². The molecule has 1 aliphatic carbocycles. The number of aryl methyl sites for hydroxylation is 1. The van der Waals surface area contributed by atoms with Gasteiger partial charge in [-0.3, -0.25) is 4.79 Å². The lowest BCUT2D eigenvalue weighted by molar-refractivity contribution is -0.121. The molecule has 0 atom stereocenters. The number of anilines is 1. The standard InChI is InChI=1S/C16H23N5O/c1-3-12-13(10-17)16(21-20-14(12)4-2)18-9-5-6-15(22)19-11-7-8-11/h11H,3-9H2,1-2H3,(H,18,21)(H,19,22). The zero-order valence-electron chi connectivity index (χ0n) is 13.3. The first kappa shape index (κ1) is 16.2. The summed E-state index contributed by atoms with van der Waals surface area (Å²) >= 11 is 0. The smallest absolute Gasteiger partial charge is 0.220 e. The monoisotopic (exact) mass is 301 g/mol. The fraction of sp³-hybridized carbons (Fsp3) is 0.625. The molecule has 0 unspecified atom stereocenters. The average Bonchev–Trinajstić information content (AvgIpc) is 3.34. The number of nitriles is 1. The molecule has 118 valence electrons. The van der Waals surface area contributed by atoms with Crippen molar-refractivity contribution >= 4 is 11.7 Å². The minimum Gasteiger partial charge on any atom is -0.367 e. The van der Waals surface area contributed by atoms with Crippen LogP contribution < -0.4 is 10.6 Å². The van der Waals surface area contributed by atoms with E-state index in [0.717, 1.165) is 36.9 Å². The van der Waals surface area contributed by atoms with Crippen molar-refractivity contribution in [3.63, 3.8) is 0 Å². The summed E-state index contributed by atoms with van der Waals surface area (Å²) in [6.07, 6.45) is 4.95. The maximum absolute atomic E-state index is 11.6. The molecule has 1 aliphatic rings. The van der Waals surface area contributed by atoms with E-state index in [0.29, 0.717) is 36.8 Å². The number of hydrogen-bond donors (Lipinski definition) is 2. The van der Waals surface area contributed by atoms with Crippen LogP contribution in [0.2, 0.25) is 0 Å². The van der Waals surface area contributed by atoms with Gasteiger partial charge in [0.25, 0.3) is 0 Å². The highest BCUT2D eigenvalue weighted by Gasteiger charge is 2.22. The van der Waals surface area contributed by atoms with Crippen molar-refractivity contribution in [1.82, 2.24) is 15.5 Å². The van der Waals surface area contributed by atoms with Crippen LogP contribution in [0.1, 0.15) is 56.4 Å². The highest BCUT2D eigenvalue weighted by atomic mass is 16.1. The second kappa shape index (κ2) is 7.74. The Bertz CT molecular complexity index is 575. The molecule has 1 fully saturated rings. The Hall–Kier alpha value is -2.16. The molecule has 0 saturated heterocycles. The Morgan fingerprint density at radius 3 is 2.68 bits per heavy atom. The van der Waals surface area contributed by atoms with E-state index in [1.54, 1.807) is 0 Å². The lowest BCUT2D eigenvalue weighted by Crippen LogP contribution is -2.25. The van der Waals surface area contributed by atoms with Gasteiger partial charge in [0.05, 0.1) is 5.69 Å². The zero-order valence-corrected chi connectivity index (χ0v) is 13.3. The van der Waals surface area contributed by atoms with Crippen molar-refractivity contribution in [2.24, 2.45) is 0 Å². The quantitative estimate of drug-likeness (QED) is 0.716. The maximum atomic E-state index is 11.6. The van der Waals surface area contributed by atoms with Gasteiger partial charge in [0, 0.05) is 19.0 Å². The van der Waals surface area contributed by atoms with E-state index in [1.165, 1.54) is 0 Å². The van der Waals surface area contributed by atoms with Gasteiger partial charge in [-0.25, -0.2) is 0 Å². The van der Waals surface area contributed by atoms with E-state index in [-0.39, 0.29) is 5.91 Å². The highest BCUT2D eigenvalue weighted by Crippen LogP contribution is 2.20. The summed E-state index contributed by atoms with van der Waals surface area (Å²) in [5.41, 5.74) is 2.43. The Morgan fingerprint density at radius 1 is 1.32 bits per heavy atom. The lowest BCUT2D eigenvalue weighted by Gasteiger charge is -2.11. The summed E-state index contributed by atoms with van der Waals surface area (Å²) in [7, 11) is 0. The first-order valence-corrected chi connectivity index (χ1v) is 8.01. The van der Waals surface area contributed by atoms with Gasteiger partial charge in [0.1, 0.15) is 11.6 Å². The first-order valence-electron chi connectivity index (χ1n) is 8.01. The molecular weight excluding hydrogens is 278 g/mol. The van der Waals surface area contributed by atoms with Crippen LogP contribution in [0.3, 0.4) is 0 Å². The second-order valence-electron chi connectivity index (χ2n) is 5.54. The van der Waals surface area contributed by atoms with Gasteiger partial charge in [-0.1, -0.05) is 13.8 Å². The van der Waals surface area contributed by atoms with Crippen LogP contribution in [0.5, 0.6) is 0 Å². The van der Waals surface area contributed by atoms with E-state index in [9.17, 15) is 10.1 Å². The van der Waals surface area contributed by atoms with Gasteiger partial charge >= 0.3 is 0 Å². The van der Waals surface area contributed by atoms with Gasteiger partial charge in [-0.15, -0.1) is 5.10 Å². The first-order chi connectivity index (χ1) is 10.7. The number of aromatic nitrogens is 2. The summed E-state index contributed by atoms with van der Waals surface area (Å²) in [5, 5.41) is 23.8. The molecule has 2 rings (SSSR count). The Balaban J connectivity index is 1.89. The van der Waals surface area contributed by atoms with Crippen LogP contribution in [0.15, 0.2) is 0 Å². The van der Waals surface area contributed by atoms with Gasteiger partial charge in [0.15, 0.2) is 5.82 Å². The summed E-state index contributed by atoms with van der Waals surface area (Å²) in [6.45, 7) is 4.63. The molecule has 0 bridgehead atoms. The van der Waals surface area contributed by atoms with Crippen LogP contribution >= 0.6 is 0 Å². The van der Waals surface area contributed by atoms with Gasteiger partial charge in [-0.2, -0.15) is 10.4 Å². The number of rotatable bonds is 8. The third-order valence-electron chi connectivity index (χ3n) is 3.77. The normalized spacial score (nSPS) is 13.5. The van der Waals surface area contributed by atoms with E-state index >= 15 is 0 Å². The molecule has 1 saturated carbocycles. The Labute approximate surface area is 131 Å². The molecule has 22 heavy (non-hydrogen) atoms. The number of amides is 1. The Kier molecular flexibility index (Phi) is 5.70. The molecule has 0 radical (unpaired) electrons. The SMILES string of the molecule is CCc1nnc(NCCCC(=O)NC2CC2)c(C#N)c1CC. The van der Waals surface area contributed by atoms with Crippen molar-refractivity contribution in [2.45, 2.75) is 58.4 Å². The van der Waals surface area contributed by atoms with E-state index in [1.807, 2.05) is 13.8 Å². The largest absolute Gasteiger partial charge is 0.367 e. The molecule has 6 nitrogen and oxygen atoms in total. The molecule has 1 aromatic rings. The molecule has 0 spiro atoms. The van der Waals surface area contributed by atoms with Crippen LogP contribution in [-0.4, -0.2) is 28.7 Å². The summed E-state index contributed by atoms with van der Waals surface area (Å²) in [4.78, 5) is 11.6. The van der Waals surface area contributed by atoms with Crippen LogP contribution in [0, 0.1) is 11.3 Å². The van der Waals surface area contributed by atoms with Crippen molar-refractivity contribution in [3.8, 4) is 6.07 Å². The minimum absolute atomic E-state index is 0.103. The summed E-state index contributed by atoms with van der Waals surface area (Å²) in [5.74, 6) is 0.630. The summed E-state index contributed by atoms with van der Waals surface area (Å²) < 4.78 is 0. The van der Waals surface area contributed by atoms with Gasteiger partial charge in [-0.05, 0) is 37.7 Å².